The second-order valence-electron chi connectivity index (χ2n) is 11.9. The van der Waals surface area contributed by atoms with Crippen LogP contribution in [0.1, 0.15) is 56.1 Å². The van der Waals surface area contributed by atoms with Crippen LogP contribution < -0.4 is 15.4 Å². The summed E-state index contributed by atoms with van der Waals surface area (Å²) in [7, 11) is -3.74. The number of aliphatic hydroxyl groups excluding tert-OH is 1. The van der Waals surface area contributed by atoms with Gasteiger partial charge in [-0.25, -0.2) is 13.2 Å². The van der Waals surface area contributed by atoms with Crippen LogP contribution in [0.5, 0.6) is 0 Å². The Hall–Kier alpha value is -4.19. The molecule has 1 heterocycles. The Morgan fingerprint density at radius 3 is 2.36 bits per heavy atom. The highest BCUT2D eigenvalue weighted by molar-refractivity contribution is 7.92. The third-order valence-electron chi connectivity index (χ3n) is 7.58. The van der Waals surface area contributed by atoms with Gasteiger partial charge in [0.05, 0.1) is 11.0 Å². The van der Waals surface area contributed by atoms with Crippen molar-refractivity contribution >= 4 is 38.5 Å². The number of aryl methyl sites for hydroxylation is 1. The Morgan fingerprint density at radius 1 is 0.955 bits per heavy atom. The van der Waals surface area contributed by atoms with Crippen LogP contribution in [0.2, 0.25) is 0 Å². The van der Waals surface area contributed by atoms with E-state index < -0.39 is 34.0 Å². The second kappa shape index (κ2) is 13.6. The second-order valence-corrected chi connectivity index (χ2v) is 13.6. The number of nitrogens with one attached hydrogen (secondary N) is 3. The van der Waals surface area contributed by atoms with Crippen molar-refractivity contribution in [2.45, 2.75) is 63.2 Å². The van der Waals surface area contributed by atoms with E-state index >= 15 is 0 Å². The van der Waals surface area contributed by atoms with Crippen LogP contribution in [0.15, 0.2) is 90.0 Å². The number of β-amino-alcohol motifs (C(OH)–C–C–N with tert-alkyl or cyclic N) is 1. The molecule has 3 aromatic carbocycles. The number of amides is 1. The summed E-state index contributed by atoms with van der Waals surface area (Å²) in [6, 6.07) is 21.1. The van der Waals surface area contributed by atoms with E-state index in [1.54, 1.807) is 68.4 Å². The van der Waals surface area contributed by atoms with E-state index in [4.69, 9.17) is 0 Å². The molecule has 0 fully saturated rings. The highest BCUT2D eigenvalue weighted by Gasteiger charge is 2.24. The molecule has 1 amide bonds. The molecule has 0 radical (unpaired) electrons. The lowest BCUT2D eigenvalue weighted by Crippen LogP contribution is -2.44. The maximum absolute atomic E-state index is 12.7. The van der Waals surface area contributed by atoms with Gasteiger partial charge in [0.1, 0.15) is 6.04 Å². The van der Waals surface area contributed by atoms with Gasteiger partial charge in [-0.15, -0.1) is 0 Å². The molecule has 0 saturated heterocycles. The number of fused-ring (bicyclic) bond motifs is 1. The van der Waals surface area contributed by atoms with E-state index in [1.165, 1.54) is 12.1 Å². The number of carbonyl (C=O) groups excluding carboxylic acids is 1. The van der Waals surface area contributed by atoms with Crippen molar-refractivity contribution in [3.63, 3.8) is 0 Å². The molecule has 0 aliphatic heterocycles. The van der Waals surface area contributed by atoms with E-state index in [1.807, 2.05) is 32.2 Å². The number of nitrogens with zero attached hydrogens (tertiary/aromatic N) is 1. The van der Waals surface area contributed by atoms with E-state index in [2.05, 4.69) is 19.9 Å². The van der Waals surface area contributed by atoms with Gasteiger partial charge < -0.3 is 25.4 Å². The quantitative estimate of drug-likeness (QED) is 0.136. The lowest BCUT2D eigenvalue weighted by molar-refractivity contribution is -0.140. The Balaban J connectivity index is 1.34. The van der Waals surface area contributed by atoms with Gasteiger partial charge in [0.15, 0.2) is 0 Å². The zero-order valence-corrected chi connectivity index (χ0v) is 26.1. The maximum atomic E-state index is 12.7. The molecule has 5 N–H and O–H groups in total. The van der Waals surface area contributed by atoms with Crippen LogP contribution >= 0.6 is 0 Å². The van der Waals surface area contributed by atoms with E-state index in [9.17, 15) is 28.2 Å². The molecule has 0 spiro atoms. The number of aromatic nitrogens is 1. The molecule has 0 aliphatic carbocycles. The number of hydrogen-bond donors (Lipinski definition) is 5. The minimum absolute atomic E-state index is 0.159. The van der Waals surface area contributed by atoms with Crippen molar-refractivity contribution in [1.29, 1.82) is 0 Å². The van der Waals surface area contributed by atoms with Gasteiger partial charge >= 0.3 is 5.97 Å². The molecule has 0 saturated carbocycles. The van der Waals surface area contributed by atoms with E-state index in [0.717, 1.165) is 17.3 Å². The molecule has 0 aliphatic rings. The van der Waals surface area contributed by atoms with Crippen molar-refractivity contribution < 1.29 is 28.2 Å². The molecule has 1 aromatic heterocycles. The molecular weight excluding hydrogens is 580 g/mol. The molecule has 2 atom stereocenters. The largest absolute Gasteiger partial charge is 0.480 e. The number of carboxylic acids is 1. The molecule has 11 heteroatoms. The van der Waals surface area contributed by atoms with Gasteiger partial charge in [-0.2, -0.15) is 0 Å². The summed E-state index contributed by atoms with van der Waals surface area (Å²) in [4.78, 5) is 24.3. The molecule has 4 rings (SSSR count). The number of aliphatic hydroxyl groups is 1. The highest BCUT2D eigenvalue weighted by atomic mass is 32.2. The Kier molecular flexibility index (Phi) is 10.1. The summed E-state index contributed by atoms with van der Waals surface area (Å²) in [6.45, 7) is 8.53. The molecule has 0 unspecified atom stereocenters. The third kappa shape index (κ3) is 8.25. The van der Waals surface area contributed by atoms with Crippen LogP contribution in [0.3, 0.4) is 0 Å². The summed E-state index contributed by atoms with van der Waals surface area (Å²) in [6.07, 6.45) is 1.83. The summed E-state index contributed by atoms with van der Waals surface area (Å²) >= 11 is 0. The van der Waals surface area contributed by atoms with E-state index in [0.29, 0.717) is 23.4 Å². The Morgan fingerprint density at radius 2 is 1.68 bits per heavy atom. The Labute approximate surface area is 258 Å². The molecule has 0 bridgehead atoms. The van der Waals surface area contributed by atoms with Crippen LogP contribution in [0, 0.1) is 5.92 Å². The van der Waals surface area contributed by atoms with E-state index in [-0.39, 0.29) is 22.9 Å². The predicted octanol–water partition coefficient (Wildman–Crippen LogP) is 4.77. The van der Waals surface area contributed by atoms with Gasteiger partial charge in [0.2, 0.25) is 0 Å². The first-order valence-electron chi connectivity index (χ1n) is 14.5. The average Bonchev–Trinajstić information content (AvgIpc) is 3.40. The number of hydrogen-bond acceptors (Lipinski definition) is 6. The lowest BCUT2D eigenvalue weighted by atomic mass is 9.99. The van der Waals surface area contributed by atoms with Gasteiger partial charge in [0.25, 0.3) is 15.9 Å². The molecule has 10 nitrogen and oxygen atoms in total. The van der Waals surface area contributed by atoms with Crippen LogP contribution in [-0.2, 0) is 21.4 Å². The van der Waals surface area contributed by atoms with Gasteiger partial charge in [0, 0.05) is 47.0 Å². The van der Waals surface area contributed by atoms with Crippen molar-refractivity contribution in [3.05, 3.63) is 96.2 Å². The minimum atomic E-state index is -3.74. The monoisotopic (exact) mass is 620 g/mol. The fraction of sp³-hybridized carbons (Fsp3) is 0.333. The Bertz CT molecular complexity index is 1720. The van der Waals surface area contributed by atoms with Gasteiger partial charge in [-0.1, -0.05) is 44.2 Å². The van der Waals surface area contributed by atoms with Crippen LogP contribution in [0.4, 0.5) is 5.69 Å². The predicted molar refractivity (Wildman–Crippen MR) is 171 cm³/mol. The number of rotatable bonds is 14. The van der Waals surface area contributed by atoms with Gasteiger partial charge in [-0.05, 0) is 80.3 Å². The minimum Gasteiger partial charge on any atom is -0.480 e. The fourth-order valence-corrected chi connectivity index (χ4v) is 5.95. The number of benzene rings is 3. The molecular formula is C33H40N4O6S. The lowest BCUT2D eigenvalue weighted by Gasteiger charge is -2.28. The number of aliphatic carboxylic acids is 1. The highest BCUT2D eigenvalue weighted by Crippen LogP contribution is 2.23. The van der Waals surface area contributed by atoms with Crippen molar-refractivity contribution in [2.24, 2.45) is 5.92 Å². The number of carbonyl (C=O) groups is 2. The fourth-order valence-electron chi connectivity index (χ4n) is 4.88. The van der Waals surface area contributed by atoms with Crippen molar-refractivity contribution in [1.82, 2.24) is 15.2 Å². The van der Waals surface area contributed by atoms with Crippen LogP contribution in [0.25, 0.3) is 10.9 Å². The summed E-state index contributed by atoms with van der Waals surface area (Å²) in [5.74, 6) is -1.74. The third-order valence-corrected chi connectivity index (χ3v) is 8.98. The SMILES string of the molecule is CC(C)[C@H](NC(=O)c1ccc2c(ccn2CCC(C)(C)NC[C@@H](O)c2cccc(NS(=O)(=O)c3ccccc3)c2)c1)C(=O)O. The maximum Gasteiger partial charge on any atom is 0.326 e. The van der Waals surface area contributed by atoms with Crippen molar-refractivity contribution in [3.8, 4) is 0 Å². The average molecular weight is 621 g/mol. The zero-order chi connectivity index (χ0) is 32.1. The first-order valence-corrected chi connectivity index (χ1v) is 16.0. The first-order chi connectivity index (χ1) is 20.8. The molecule has 234 valence electrons. The smallest absolute Gasteiger partial charge is 0.326 e. The first kappa shape index (κ1) is 32.7. The number of anilines is 1. The summed E-state index contributed by atoms with van der Waals surface area (Å²) in [5, 5.41) is 27.2. The van der Waals surface area contributed by atoms with Crippen molar-refractivity contribution in [2.75, 3.05) is 11.3 Å². The topological polar surface area (TPSA) is 150 Å². The molecule has 44 heavy (non-hydrogen) atoms. The summed E-state index contributed by atoms with van der Waals surface area (Å²) < 4.78 is 30.1. The normalized spacial score (nSPS) is 13.5. The standard InChI is InChI=1S/C33H40N4O6S/c1-22(2)30(32(40)41)35-31(39)25-13-14-28-23(19-25)15-17-37(28)18-16-33(3,4)34-21-29(38)24-9-8-10-26(20-24)36-44(42,43)27-11-6-5-7-12-27/h5-15,17,19-20,22,29-30,34,36,38H,16,18,21H2,1-4H3,(H,35,39)(H,40,41)/t29-,30+/m1/s1. The molecule has 4 aromatic rings. The summed E-state index contributed by atoms with van der Waals surface area (Å²) in [5.41, 5.74) is 1.96. The van der Waals surface area contributed by atoms with Crippen LogP contribution in [-0.4, -0.2) is 53.2 Å². The zero-order valence-electron chi connectivity index (χ0n) is 25.3. The number of carboxylic acid groups (broad SMARTS) is 1. The number of sulfonamides is 1. The van der Waals surface area contributed by atoms with Gasteiger partial charge in [-0.3, -0.25) is 9.52 Å².